The number of piperidine rings is 1. The van der Waals surface area contributed by atoms with E-state index in [0.29, 0.717) is 11.9 Å². The highest BCUT2D eigenvalue weighted by atomic mass is 16.2. The maximum absolute atomic E-state index is 13.0. The van der Waals surface area contributed by atoms with Gasteiger partial charge in [-0.25, -0.2) is 0 Å². The number of piperazine rings is 1. The molecule has 2 aromatic heterocycles. The van der Waals surface area contributed by atoms with Crippen molar-refractivity contribution in [2.75, 3.05) is 44.2 Å². The highest BCUT2D eigenvalue weighted by Crippen LogP contribution is 2.24. The molecule has 0 unspecified atom stereocenters. The van der Waals surface area contributed by atoms with Crippen LogP contribution in [-0.4, -0.2) is 75.6 Å². The van der Waals surface area contributed by atoms with Crippen LogP contribution in [0.5, 0.6) is 0 Å². The first-order valence-corrected chi connectivity index (χ1v) is 9.71. The lowest BCUT2D eigenvalue weighted by molar-refractivity contribution is -0.137. The first kappa shape index (κ1) is 17.3. The fraction of sp³-hybridized carbons (Fsp3) is 0.632. The summed E-state index contributed by atoms with van der Waals surface area (Å²) in [5, 5.41) is 8.61. The van der Waals surface area contributed by atoms with Crippen LogP contribution >= 0.6 is 0 Å². The van der Waals surface area contributed by atoms with E-state index in [0.717, 1.165) is 63.7 Å². The van der Waals surface area contributed by atoms with E-state index < -0.39 is 0 Å². The number of hydrogen-bond donors (Lipinski definition) is 0. The second-order valence-electron chi connectivity index (χ2n) is 7.67. The highest BCUT2D eigenvalue weighted by Gasteiger charge is 2.32. The van der Waals surface area contributed by atoms with E-state index in [1.165, 1.54) is 0 Å². The summed E-state index contributed by atoms with van der Waals surface area (Å²) in [7, 11) is 0. The number of aromatic nitrogens is 3. The summed E-state index contributed by atoms with van der Waals surface area (Å²) in [4.78, 5) is 19.8. The number of carbonyl (C=O) groups is 1. The molecule has 0 spiro atoms. The molecule has 0 saturated carbocycles. The molecule has 0 bridgehead atoms. The number of nitrogens with zero attached hydrogens (tertiary/aromatic N) is 6. The SMILES string of the molecule is CC(C)N1CCN(C(=O)[C@H]2CCCN(c3nnc4ccccn34)C2)CC1. The molecule has 2 fully saturated rings. The van der Waals surface area contributed by atoms with Gasteiger partial charge in [0.1, 0.15) is 0 Å². The zero-order valence-electron chi connectivity index (χ0n) is 15.7. The van der Waals surface area contributed by atoms with Gasteiger partial charge in [0.15, 0.2) is 5.65 Å². The van der Waals surface area contributed by atoms with E-state index in [4.69, 9.17) is 0 Å². The van der Waals surface area contributed by atoms with Crippen LogP contribution in [0.4, 0.5) is 5.95 Å². The third kappa shape index (κ3) is 3.28. The van der Waals surface area contributed by atoms with E-state index in [2.05, 4.69) is 38.7 Å². The number of anilines is 1. The lowest BCUT2D eigenvalue weighted by Crippen LogP contribution is -2.53. The van der Waals surface area contributed by atoms with Crippen LogP contribution in [0.25, 0.3) is 5.65 Å². The second-order valence-corrected chi connectivity index (χ2v) is 7.67. The standard InChI is InChI=1S/C19H28N6O/c1-15(2)22-10-12-23(13-11-22)18(26)16-6-5-8-24(14-16)19-21-20-17-7-3-4-9-25(17)19/h3-4,7,9,15-16H,5-6,8,10-14H2,1-2H3/t16-/m0/s1. The van der Waals surface area contributed by atoms with Crippen molar-refractivity contribution in [2.24, 2.45) is 5.92 Å². The molecule has 7 nitrogen and oxygen atoms in total. The molecule has 26 heavy (non-hydrogen) atoms. The Bertz CT molecular complexity index is 764. The molecule has 0 aromatic carbocycles. The van der Waals surface area contributed by atoms with Gasteiger partial charge in [-0.1, -0.05) is 6.07 Å². The third-order valence-electron chi connectivity index (χ3n) is 5.71. The van der Waals surface area contributed by atoms with E-state index in [-0.39, 0.29) is 5.92 Å². The summed E-state index contributed by atoms with van der Waals surface area (Å²) in [5.41, 5.74) is 0.848. The largest absolute Gasteiger partial charge is 0.340 e. The Morgan fingerprint density at radius 1 is 1.12 bits per heavy atom. The zero-order chi connectivity index (χ0) is 18.1. The van der Waals surface area contributed by atoms with Crippen molar-refractivity contribution in [2.45, 2.75) is 32.7 Å². The Hall–Kier alpha value is -2.15. The Labute approximate surface area is 154 Å². The van der Waals surface area contributed by atoms with Gasteiger partial charge in [-0.2, -0.15) is 0 Å². The van der Waals surface area contributed by atoms with Crippen LogP contribution < -0.4 is 4.90 Å². The number of fused-ring (bicyclic) bond motifs is 1. The molecule has 4 heterocycles. The van der Waals surface area contributed by atoms with Crippen LogP contribution in [-0.2, 0) is 4.79 Å². The minimum Gasteiger partial charge on any atom is -0.340 e. The Morgan fingerprint density at radius 3 is 2.69 bits per heavy atom. The minimum atomic E-state index is 0.0606. The molecular formula is C19H28N6O. The quantitative estimate of drug-likeness (QED) is 0.834. The van der Waals surface area contributed by atoms with Crippen molar-refractivity contribution >= 4 is 17.5 Å². The molecule has 1 atom stereocenters. The van der Waals surface area contributed by atoms with E-state index in [1.54, 1.807) is 0 Å². The lowest BCUT2D eigenvalue weighted by atomic mass is 9.96. The Kier molecular flexibility index (Phi) is 4.80. The maximum Gasteiger partial charge on any atom is 0.231 e. The van der Waals surface area contributed by atoms with Gasteiger partial charge in [-0.05, 0) is 38.8 Å². The first-order valence-electron chi connectivity index (χ1n) is 9.71. The monoisotopic (exact) mass is 356 g/mol. The predicted octanol–water partition coefficient (Wildman–Crippen LogP) is 1.50. The average Bonchev–Trinajstić information content (AvgIpc) is 3.12. The predicted molar refractivity (Wildman–Crippen MR) is 101 cm³/mol. The first-order chi connectivity index (χ1) is 12.6. The van der Waals surface area contributed by atoms with Gasteiger partial charge in [-0.3, -0.25) is 14.1 Å². The maximum atomic E-state index is 13.0. The number of hydrogen-bond acceptors (Lipinski definition) is 5. The van der Waals surface area contributed by atoms with Crippen LogP contribution in [0.2, 0.25) is 0 Å². The molecular weight excluding hydrogens is 328 g/mol. The summed E-state index contributed by atoms with van der Waals surface area (Å²) in [6, 6.07) is 6.46. The Balaban J connectivity index is 1.43. The topological polar surface area (TPSA) is 57.0 Å². The van der Waals surface area contributed by atoms with Crippen molar-refractivity contribution in [3.63, 3.8) is 0 Å². The molecule has 2 aliphatic heterocycles. The molecule has 7 heteroatoms. The van der Waals surface area contributed by atoms with Gasteiger partial charge < -0.3 is 9.80 Å². The normalized spacial score (nSPS) is 22.3. The molecule has 2 aromatic rings. The average molecular weight is 356 g/mol. The van der Waals surface area contributed by atoms with Crippen LogP contribution in [0.15, 0.2) is 24.4 Å². The van der Waals surface area contributed by atoms with Gasteiger partial charge in [0, 0.05) is 51.5 Å². The Morgan fingerprint density at radius 2 is 1.92 bits per heavy atom. The van der Waals surface area contributed by atoms with E-state index in [1.807, 2.05) is 28.8 Å². The molecule has 2 saturated heterocycles. The molecule has 140 valence electrons. The molecule has 2 aliphatic rings. The smallest absolute Gasteiger partial charge is 0.231 e. The lowest BCUT2D eigenvalue weighted by Gasteiger charge is -2.40. The highest BCUT2D eigenvalue weighted by molar-refractivity contribution is 5.80. The van der Waals surface area contributed by atoms with Crippen LogP contribution in [0, 0.1) is 5.92 Å². The number of amides is 1. The fourth-order valence-corrected chi connectivity index (χ4v) is 4.12. The van der Waals surface area contributed by atoms with Crippen LogP contribution in [0.3, 0.4) is 0 Å². The summed E-state index contributed by atoms with van der Waals surface area (Å²) in [5.74, 6) is 1.22. The van der Waals surface area contributed by atoms with Crippen molar-refractivity contribution in [1.29, 1.82) is 0 Å². The number of rotatable bonds is 3. The fourth-order valence-electron chi connectivity index (χ4n) is 4.12. The van der Waals surface area contributed by atoms with Gasteiger partial charge in [0.25, 0.3) is 0 Å². The summed E-state index contributed by atoms with van der Waals surface area (Å²) in [6.45, 7) is 9.77. The van der Waals surface area contributed by atoms with Crippen molar-refractivity contribution < 1.29 is 4.79 Å². The van der Waals surface area contributed by atoms with Gasteiger partial charge >= 0.3 is 0 Å². The van der Waals surface area contributed by atoms with Gasteiger partial charge in [0.2, 0.25) is 11.9 Å². The number of carbonyl (C=O) groups excluding carboxylic acids is 1. The number of pyridine rings is 1. The zero-order valence-corrected chi connectivity index (χ0v) is 15.7. The molecule has 1 amide bonds. The molecule has 0 aliphatic carbocycles. The summed E-state index contributed by atoms with van der Waals surface area (Å²) < 4.78 is 2.01. The van der Waals surface area contributed by atoms with Crippen molar-refractivity contribution in [3.05, 3.63) is 24.4 Å². The van der Waals surface area contributed by atoms with Crippen molar-refractivity contribution in [1.82, 2.24) is 24.4 Å². The molecule has 0 radical (unpaired) electrons. The molecule has 0 N–H and O–H groups in total. The summed E-state index contributed by atoms with van der Waals surface area (Å²) >= 11 is 0. The van der Waals surface area contributed by atoms with Crippen LogP contribution in [0.1, 0.15) is 26.7 Å². The second kappa shape index (κ2) is 7.23. The third-order valence-corrected chi connectivity index (χ3v) is 5.71. The molecule has 4 rings (SSSR count). The van der Waals surface area contributed by atoms with Crippen molar-refractivity contribution in [3.8, 4) is 0 Å². The van der Waals surface area contributed by atoms with Gasteiger partial charge in [-0.15, -0.1) is 10.2 Å². The van der Waals surface area contributed by atoms with E-state index >= 15 is 0 Å². The van der Waals surface area contributed by atoms with Gasteiger partial charge in [0.05, 0.1) is 5.92 Å². The minimum absolute atomic E-state index is 0.0606. The summed E-state index contributed by atoms with van der Waals surface area (Å²) in [6.07, 6.45) is 3.97. The van der Waals surface area contributed by atoms with E-state index in [9.17, 15) is 4.79 Å².